The topological polar surface area (TPSA) is 12.0 Å². The summed E-state index contributed by atoms with van der Waals surface area (Å²) < 4.78 is 1.23. The van der Waals surface area contributed by atoms with Crippen LogP contribution in [-0.2, 0) is 12.8 Å². The van der Waals surface area contributed by atoms with Crippen LogP contribution in [0.25, 0.3) is 0 Å². The Hall–Kier alpha value is -1.12. The molecule has 2 aromatic rings. The molecule has 2 aromatic carbocycles. The van der Waals surface area contributed by atoms with E-state index in [1.54, 1.807) is 0 Å². The van der Waals surface area contributed by atoms with Gasteiger partial charge in [0.25, 0.3) is 0 Å². The number of halogens is 1. The Balaban J connectivity index is 1.85. The summed E-state index contributed by atoms with van der Waals surface area (Å²) in [5.41, 5.74) is 4.41. The number of benzene rings is 2. The first-order chi connectivity index (χ1) is 9.79. The number of fused-ring (bicyclic) bond motifs is 1. The molecule has 0 aliphatic heterocycles. The maximum atomic E-state index is 3.68. The summed E-state index contributed by atoms with van der Waals surface area (Å²) in [4.78, 5) is 0. The first-order valence-electron chi connectivity index (χ1n) is 7.34. The third kappa shape index (κ3) is 2.68. The van der Waals surface area contributed by atoms with Crippen LogP contribution in [0.3, 0.4) is 0 Å². The molecule has 1 aliphatic rings. The fourth-order valence-electron chi connectivity index (χ4n) is 3.31. The largest absolute Gasteiger partial charge is 0.310 e. The molecule has 2 atom stereocenters. The molecule has 20 heavy (non-hydrogen) atoms. The van der Waals surface area contributed by atoms with Crippen molar-refractivity contribution in [3.8, 4) is 0 Å². The first-order valence-corrected chi connectivity index (χ1v) is 8.13. The van der Waals surface area contributed by atoms with Crippen molar-refractivity contribution in [3.63, 3.8) is 0 Å². The van der Waals surface area contributed by atoms with Gasteiger partial charge in [-0.3, -0.25) is 0 Å². The van der Waals surface area contributed by atoms with E-state index in [1.807, 2.05) is 0 Å². The summed E-state index contributed by atoms with van der Waals surface area (Å²) in [5, 5.41) is 3.68. The number of hydrogen-bond acceptors (Lipinski definition) is 1. The van der Waals surface area contributed by atoms with Gasteiger partial charge >= 0.3 is 0 Å². The Morgan fingerprint density at radius 3 is 2.65 bits per heavy atom. The molecule has 1 nitrogen and oxygen atoms in total. The van der Waals surface area contributed by atoms with Gasteiger partial charge in [0.1, 0.15) is 0 Å². The van der Waals surface area contributed by atoms with E-state index in [0.717, 1.165) is 13.0 Å². The monoisotopic (exact) mass is 329 g/mol. The zero-order valence-corrected chi connectivity index (χ0v) is 13.4. The van der Waals surface area contributed by atoms with Crippen molar-refractivity contribution in [1.82, 2.24) is 5.32 Å². The molecule has 0 spiro atoms. The van der Waals surface area contributed by atoms with Crippen molar-refractivity contribution < 1.29 is 0 Å². The van der Waals surface area contributed by atoms with Crippen molar-refractivity contribution in [2.45, 2.75) is 25.8 Å². The summed E-state index contributed by atoms with van der Waals surface area (Å²) in [6, 6.07) is 17.9. The average molecular weight is 330 g/mol. The third-order valence-corrected chi connectivity index (χ3v) is 4.98. The fraction of sp³-hybridized carbons (Fsp3) is 0.333. The minimum Gasteiger partial charge on any atom is -0.310 e. The lowest BCUT2D eigenvalue weighted by Gasteiger charge is -2.22. The highest BCUT2D eigenvalue weighted by molar-refractivity contribution is 9.10. The van der Waals surface area contributed by atoms with Crippen LogP contribution < -0.4 is 5.32 Å². The second kappa shape index (κ2) is 6.11. The number of hydrogen-bond donors (Lipinski definition) is 1. The maximum Gasteiger partial charge on any atom is 0.0357 e. The minimum absolute atomic E-state index is 0.489. The van der Waals surface area contributed by atoms with Crippen molar-refractivity contribution in [3.05, 3.63) is 69.7 Å². The summed E-state index contributed by atoms with van der Waals surface area (Å²) in [7, 11) is 0. The van der Waals surface area contributed by atoms with Crippen molar-refractivity contribution >= 4 is 15.9 Å². The van der Waals surface area contributed by atoms with Gasteiger partial charge in [-0.15, -0.1) is 0 Å². The lowest BCUT2D eigenvalue weighted by molar-refractivity contribution is 0.393. The van der Waals surface area contributed by atoms with Gasteiger partial charge in [0.15, 0.2) is 0 Å². The van der Waals surface area contributed by atoms with Crippen LogP contribution in [0.4, 0.5) is 0 Å². The molecule has 0 radical (unpaired) electrons. The summed E-state index contributed by atoms with van der Waals surface area (Å²) in [5.74, 6) is 0.644. The van der Waals surface area contributed by atoms with Gasteiger partial charge in [-0.1, -0.05) is 65.3 Å². The quantitative estimate of drug-likeness (QED) is 0.869. The molecule has 2 heteroatoms. The van der Waals surface area contributed by atoms with Crippen molar-refractivity contribution in [2.75, 3.05) is 6.54 Å². The summed E-state index contributed by atoms with van der Waals surface area (Å²) >= 11 is 3.68. The summed E-state index contributed by atoms with van der Waals surface area (Å²) in [6.07, 6.45) is 2.29. The molecule has 0 saturated heterocycles. The van der Waals surface area contributed by atoms with E-state index in [2.05, 4.69) is 76.7 Å². The third-order valence-electron chi connectivity index (χ3n) is 4.21. The van der Waals surface area contributed by atoms with Crippen molar-refractivity contribution in [2.24, 2.45) is 5.92 Å². The van der Waals surface area contributed by atoms with Gasteiger partial charge in [-0.25, -0.2) is 0 Å². The average Bonchev–Trinajstić information content (AvgIpc) is 2.80. The molecule has 0 heterocycles. The predicted octanol–water partition coefficient (Wildman–Crippen LogP) is 4.51. The van der Waals surface area contributed by atoms with Crippen LogP contribution in [0.2, 0.25) is 0 Å². The lowest BCUT2D eigenvalue weighted by Crippen LogP contribution is -2.26. The highest BCUT2D eigenvalue weighted by atomic mass is 79.9. The highest BCUT2D eigenvalue weighted by Gasteiger charge is 2.31. The Labute approximate surface area is 129 Å². The normalized spacial score (nSPS) is 20.9. The summed E-state index contributed by atoms with van der Waals surface area (Å²) in [6.45, 7) is 3.21. The van der Waals surface area contributed by atoms with Crippen LogP contribution in [0.15, 0.2) is 53.0 Å². The predicted molar refractivity (Wildman–Crippen MR) is 87.9 cm³/mol. The Bertz CT molecular complexity index is 593. The van der Waals surface area contributed by atoms with Gasteiger partial charge < -0.3 is 5.32 Å². The smallest absolute Gasteiger partial charge is 0.0357 e. The zero-order valence-electron chi connectivity index (χ0n) is 11.8. The molecule has 0 fully saturated rings. The molecule has 0 aromatic heterocycles. The molecule has 104 valence electrons. The minimum atomic E-state index is 0.489. The molecule has 1 aliphatic carbocycles. The molecule has 0 amide bonds. The Morgan fingerprint density at radius 2 is 1.85 bits per heavy atom. The van der Waals surface area contributed by atoms with E-state index >= 15 is 0 Å². The molecule has 0 bridgehead atoms. The lowest BCUT2D eigenvalue weighted by atomic mass is 9.93. The van der Waals surface area contributed by atoms with E-state index in [9.17, 15) is 0 Å². The molecule has 1 N–H and O–H groups in total. The van der Waals surface area contributed by atoms with Crippen LogP contribution in [-0.4, -0.2) is 6.54 Å². The standard InChI is InChI=1S/C18H20BrN/c1-2-20-18-15(11-13-7-3-5-9-16(13)18)12-14-8-4-6-10-17(14)19/h3-10,15,18,20H,2,11-12H2,1H3. The zero-order chi connectivity index (χ0) is 13.9. The SMILES string of the molecule is CCNC1c2ccccc2CC1Cc1ccccc1Br. The molecular formula is C18H20BrN. The highest BCUT2D eigenvalue weighted by Crippen LogP contribution is 2.38. The second-order valence-corrected chi connectivity index (χ2v) is 6.35. The van der Waals surface area contributed by atoms with E-state index in [4.69, 9.17) is 0 Å². The van der Waals surface area contributed by atoms with Crippen LogP contribution in [0.5, 0.6) is 0 Å². The molecule has 0 saturated carbocycles. The van der Waals surface area contributed by atoms with E-state index in [1.165, 1.54) is 27.6 Å². The number of rotatable bonds is 4. The fourth-order valence-corrected chi connectivity index (χ4v) is 3.76. The van der Waals surface area contributed by atoms with Gasteiger partial charge in [0, 0.05) is 10.5 Å². The molecule has 2 unspecified atom stereocenters. The van der Waals surface area contributed by atoms with Crippen LogP contribution >= 0.6 is 15.9 Å². The van der Waals surface area contributed by atoms with E-state index < -0.39 is 0 Å². The maximum absolute atomic E-state index is 3.68. The van der Waals surface area contributed by atoms with Crippen LogP contribution in [0.1, 0.15) is 29.7 Å². The van der Waals surface area contributed by atoms with Gasteiger partial charge in [0.2, 0.25) is 0 Å². The van der Waals surface area contributed by atoms with Crippen LogP contribution in [0, 0.1) is 5.92 Å². The van der Waals surface area contributed by atoms with Gasteiger partial charge in [0.05, 0.1) is 0 Å². The Kier molecular flexibility index (Phi) is 4.23. The van der Waals surface area contributed by atoms with E-state index in [-0.39, 0.29) is 0 Å². The first kappa shape index (κ1) is 13.8. The molecular weight excluding hydrogens is 310 g/mol. The van der Waals surface area contributed by atoms with Crippen molar-refractivity contribution in [1.29, 1.82) is 0 Å². The Morgan fingerprint density at radius 1 is 1.10 bits per heavy atom. The molecule has 3 rings (SSSR count). The second-order valence-electron chi connectivity index (χ2n) is 5.49. The van der Waals surface area contributed by atoms with E-state index in [0.29, 0.717) is 12.0 Å². The number of nitrogens with one attached hydrogen (secondary N) is 1. The van der Waals surface area contributed by atoms with Gasteiger partial charge in [-0.05, 0) is 48.1 Å². The van der Waals surface area contributed by atoms with Gasteiger partial charge in [-0.2, -0.15) is 0 Å².